The van der Waals surface area contributed by atoms with E-state index < -0.39 is 6.10 Å². The molecule has 40 heavy (non-hydrogen) atoms. The zero-order valence-corrected chi connectivity index (χ0v) is 24.0. The van der Waals surface area contributed by atoms with E-state index in [-0.39, 0.29) is 12.5 Å². The van der Waals surface area contributed by atoms with Crippen molar-refractivity contribution < 1.29 is 9.90 Å². The van der Waals surface area contributed by atoms with E-state index in [0.717, 1.165) is 59.3 Å². The standard InChI is InChI=1S/C32H36ClN5O2/c1-22-10-7-8-14-28(22)38(32(40)30-24(3)34-31(35-30)25-11-5-4-6-12-25)21-26(39)20-36-16-18-37(19-17-36)29-15-9-13-27(33)23(29)2/h4-15,26,39H,16-21H2,1-3H3,(H,34,35). The number of piperazine rings is 1. The number of hydrogen-bond acceptors (Lipinski definition) is 5. The number of β-amino-alcohol motifs (C(OH)–C–C–N with tert-alkyl or cyclic N) is 1. The topological polar surface area (TPSA) is 75.7 Å². The van der Waals surface area contributed by atoms with Crippen LogP contribution in [0.15, 0.2) is 72.8 Å². The molecular formula is C32H36ClN5O2. The number of anilines is 2. The average Bonchev–Trinajstić information content (AvgIpc) is 3.36. The van der Waals surface area contributed by atoms with Gasteiger partial charge in [0.15, 0.2) is 0 Å². The molecule has 1 aromatic heterocycles. The zero-order valence-electron chi connectivity index (χ0n) is 23.3. The number of rotatable bonds is 8. The molecule has 1 unspecified atom stereocenters. The Hall–Kier alpha value is -3.65. The predicted octanol–water partition coefficient (Wildman–Crippen LogP) is 5.49. The Morgan fingerprint density at radius 1 is 0.975 bits per heavy atom. The number of aromatic nitrogens is 2. The van der Waals surface area contributed by atoms with Gasteiger partial charge in [0.1, 0.15) is 11.5 Å². The molecule has 0 aliphatic carbocycles. The summed E-state index contributed by atoms with van der Waals surface area (Å²) in [7, 11) is 0. The molecule has 1 fully saturated rings. The number of aryl methyl sites for hydroxylation is 2. The van der Waals surface area contributed by atoms with Gasteiger partial charge >= 0.3 is 0 Å². The van der Waals surface area contributed by atoms with Crippen molar-refractivity contribution in [3.63, 3.8) is 0 Å². The molecule has 1 aliphatic rings. The highest BCUT2D eigenvalue weighted by Gasteiger charge is 2.28. The first-order valence-corrected chi connectivity index (χ1v) is 14.1. The Bertz CT molecular complexity index is 1460. The van der Waals surface area contributed by atoms with Crippen LogP contribution < -0.4 is 9.80 Å². The molecule has 8 heteroatoms. The van der Waals surface area contributed by atoms with Crippen LogP contribution in [0.5, 0.6) is 0 Å². The fraction of sp³-hybridized carbons (Fsp3) is 0.312. The van der Waals surface area contributed by atoms with Gasteiger partial charge < -0.3 is 19.9 Å². The highest BCUT2D eigenvalue weighted by atomic mass is 35.5. The van der Waals surface area contributed by atoms with Crippen molar-refractivity contribution in [1.29, 1.82) is 0 Å². The number of nitrogens with one attached hydrogen (secondary N) is 1. The summed E-state index contributed by atoms with van der Waals surface area (Å²) in [6, 6.07) is 23.5. The van der Waals surface area contributed by atoms with Crippen LogP contribution in [0.25, 0.3) is 11.4 Å². The van der Waals surface area contributed by atoms with E-state index in [2.05, 4.69) is 32.8 Å². The van der Waals surface area contributed by atoms with Gasteiger partial charge in [0.05, 0.1) is 12.6 Å². The Morgan fingerprint density at radius 3 is 2.40 bits per heavy atom. The second-order valence-corrected chi connectivity index (χ2v) is 10.9. The molecule has 1 amide bonds. The third-order valence-corrected chi connectivity index (χ3v) is 8.01. The number of nitrogens with zero attached hydrogens (tertiary/aromatic N) is 4. The summed E-state index contributed by atoms with van der Waals surface area (Å²) >= 11 is 6.34. The first-order valence-electron chi connectivity index (χ1n) is 13.7. The molecule has 3 aromatic carbocycles. The normalized spacial score (nSPS) is 14.8. The van der Waals surface area contributed by atoms with Crippen molar-refractivity contribution in [2.75, 3.05) is 49.1 Å². The number of hydrogen-bond donors (Lipinski definition) is 2. The van der Waals surface area contributed by atoms with Crippen LogP contribution >= 0.6 is 11.6 Å². The van der Waals surface area contributed by atoms with Crippen LogP contribution in [-0.4, -0.2) is 71.3 Å². The quantitative estimate of drug-likeness (QED) is 0.300. The van der Waals surface area contributed by atoms with E-state index in [9.17, 15) is 9.90 Å². The first kappa shape index (κ1) is 27.9. The van der Waals surface area contributed by atoms with Crippen molar-refractivity contribution in [1.82, 2.24) is 14.9 Å². The minimum absolute atomic E-state index is 0.171. The number of benzene rings is 3. The zero-order chi connectivity index (χ0) is 28.2. The van der Waals surface area contributed by atoms with Crippen molar-refractivity contribution in [3.05, 3.63) is 100 Å². The lowest BCUT2D eigenvalue weighted by Crippen LogP contribution is -2.50. The third-order valence-electron chi connectivity index (χ3n) is 7.60. The minimum Gasteiger partial charge on any atom is -0.390 e. The summed E-state index contributed by atoms with van der Waals surface area (Å²) in [5.74, 6) is 0.421. The Balaban J connectivity index is 1.30. The van der Waals surface area contributed by atoms with Gasteiger partial charge in [0.25, 0.3) is 5.91 Å². The molecule has 1 aliphatic heterocycles. The molecule has 0 radical (unpaired) electrons. The fourth-order valence-electron chi connectivity index (χ4n) is 5.36. The SMILES string of the molecule is Cc1ccccc1N(CC(O)CN1CCN(c2cccc(Cl)c2C)CC1)C(=O)c1nc(-c2ccccc2)[nH]c1C. The Kier molecular flexibility index (Phi) is 8.54. The van der Waals surface area contributed by atoms with Crippen LogP contribution in [0, 0.1) is 20.8 Å². The smallest absolute Gasteiger partial charge is 0.278 e. The molecule has 0 saturated carbocycles. The molecule has 2 heterocycles. The maximum Gasteiger partial charge on any atom is 0.278 e. The lowest BCUT2D eigenvalue weighted by atomic mass is 10.1. The monoisotopic (exact) mass is 557 g/mol. The highest BCUT2D eigenvalue weighted by Crippen LogP contribution is 2.28. The Morgan fingerprint density at radius 2 is 1.68 bits per heavy atom. The van der Waals surface area contributed by atoms with E-state index in [1.807, 2.05) is 80.6 Å². The summed E-state index contributed by atoms with van der Waals surface area (Å²) in [6.07, 6.45) is -0.726. The van der Waals surface area contributed by atoms with E-state index in [1.54, 1.807) is 4.90 Å². The summed E-state index contributed by atoms with van der Waals surface area (Å²) in [5, 5.41) is 12.0. The van der Waals surface area contributed by atoms with Crippen molar-refractivity contribution in [3.8, 4) is 11.4 Å². The van der Waals surface area contributed by atoms with Gasteiger partial charge in [0, 0.05) is 60.4 Å². The van der Waals surface area contributed by atoms with E-state index in [4.69, 9.17) is 11.6 Å². The molecule has 0 spiro atoms. The van der Waals surface area contributed by atoms with Crippen LogP contribution in [0.2, 0.25) is 5.02 Å². The van der Waals surface area contributed by atoms with Crippen molar-refractivity contribution in [2.45, 2.75) is 26.9 Å². The minimum atomic E-state index is -0.726. The summed E-state index contributed by atoms with van der Waals surface area (Å²) in [6.45, 7) is 9.88. The lowest BCUT2D eigenvalue weighted by molar-refractivity contribution is 0.0908. The maximum absolute atomic E-state index is 14.0. The second-order valence-electron chi connectivity index (χ2n) is 10.5. The number of carbonyl (C=O) groups excluding carboxylic acids is 1. The van der Waals surface area contributed by atoms with Crippen LogP contribution in [0.1, 0.15) is 27.3 Å². The van der Waals surface area contributed by atoms with Crippen molar-refractivity contribution in [2.24, 2.45) is 0 Å². The maximum atomic E-state index is 14.0. The number of imidazole rings is 1. The Labute approximate surface area is 241 Å². The number of para-hydroxylation sites is 1. The summed E-state index contributed by atoms with van der Waals surface area (Å²) in [5.41, 5.74) is 5.97. The number of aliphatic hydroxyl groups is 1. The molecule has 2 N–H and O–H groups in total. The molecule has 0 bridgehead atoms. The molecular weight excluding hydrogens is 522 g/mol. The van der Waals surface area contributed by atoms with Crippen LogP contribution in [0.3, 0.4) is 0 Å². The van der Waals surface area contributed by atoms with Crippen LogP contribution in [-0.2, 0) is 0 Å². The van der Waals surface area contributed by atoms with Gasteiger partial charge in [-0.3, -0.25) is 9.69 Å². The van der Waals surface area contributed by atoms with Gasteiger partial charge in [-0.15, -0.1) is 0 Å². The van der Waals surface area contributed by atoms with Gasteiger partial charge in [-0.2, -0.15) is 0 Å². The number of carbonyl (C=O) groups is 1. The molecule has 208 valence electrons. The number of aromatic amines is 1. The summed E-state index contributed by atoms with van der Waals surface area (Å²) < 4.78 is 0. The largest absolute Gasteiger partial charge is 0.390 e. The predicted molar refractivity (Wildman–Crippen MR) is 162 cm³/mol. The molecule has 4 aromatic rings. The molecule has 5 rings (SSSR count). The van der Waals surface area contributed by atoms with Gasteiger partial charge in [-0.05, 0) is 50.1 Å². The van der Waals surface area contributed by atoms with Crippen molar-refractivity contribution >= 4 is 28.9 Å². The fourth-order valence-corrected chi connectivity index (χ4v) is 5.53. The van der Waals surface area contributed by atoms with Gasteiger partial charge in [-0.1, -0.05) is 66.2 Å². The van der Waals surface area contributed by atoms with E-state index in [1.165, 1.54) is 0 Å². The third kappa shape index (κ3) is 6.07. The average molecular weight is 558 g/mol. The molecule has 7 nitrogen and oxygen atoms in total. The van der Waals surface area contributed by atoms with Crippen LogP contribution in [0.4, 0.5) is 11.4 Å². The number of amides is 1. The van der Waals surface area contributed by atoms with Gasteiger partial charge in [0.2, 0.25) is 0 Å². The number of aliphatic hydroxyl groups excluding tert-OH is 1. The van der Waals surface area contributed by atoms with Gasteiger partial charge in [-0.25, -0.2) is 4.98 Å². The lowest BCUT2D eigenvalue weighted by Gasteiger charge is -2.38. The second kappa shape index (κ2) is 12.3. The molecule has 1 atom stereocenters. The van der Waals surface area contributed by atoms with E-state index in [0.29, 0.717) is 23.8 Å². The number of halogens is 1. The molecule has 1 saturated heterocycles. The van der Waals surface area contributed by atoms with E-state index >= 15 is 0 Å². The summed E-state index contributed by atoms with van der Waals surface area (Å²) in [4.78, 5) is 28.2. The first-order chi connectivity index (χ1) is 19.3. The highest BCUT2D eigenvalue weighted by molar-refractivity contribution is 6.31. The number of H-pyrrole nitrogens is 1.